The third kappa shape index (κ3) is 4.23. The molecule has 0 aliphatic carbocycles. The molecule has 2 heterocycles. The van der Waals surface area contributed by atoms with Gasteiger partial charge in [-0.1, -0.05) is 23.4 Å². The van der Waals surface area contributed by atoms with Crippen LogP contribution in [-0.2, 0) is 0 Å². The summed E-state index contributed by atoms with van der Waals surface area (Å²) in [6, 6.07) is 1.84. The van der Waals surface area contributed by atoms with Crippen LogP contribution in [0.2, 0.25) is 5.15 Å². The lowest BCUT2D eigenvalue weighted by atomic mass is 9.97. The minimum absolute atomic E-state index is 0.518. The van der Waals surface area contributed by atoms with Crippen LogP contribution in [0.4, 0.5) is 5.82 Å². The van der Waals surface area contributed by atoms with Gasteiger partial charge >= 0.3 is 0 Å². The Kier molecular flexibility index (Phi) is 5.30. The van der Waals surface area contributed by atoms with Crippen molar-refractivity contribution in [1.29, 1.82) is 0 Å². The van der Waals surface area contributed by atoms with E-state index in [-0.39, 0.29) is 0 Å². The summed E-state index contributed by atoms with van der Waals surface area (Å²) in [5.41, 5.74) is 0. The maximum Gasteiger partial charge on any atom is 0.190 e. The van der Waals surface area contributed by atoms with Crippen molar-refractivity contribution in [3.63, 3.8) is 0 Å². The first-order chi connectivity index (χ1) is 9.08. The normalized spacial score (nSPS) is 17.7. The Morgan fingerprint density at radius 1 is 1.42 bits per heavy atom. The highest BCUT2D eigenvalue weighted by molar-refractivity contribution is 7.98. The fourth-order valence-corrected chi connectivity index (χ4v) is 3.00. The summed E-state index contributed by atoms with van der Waals surface area (Å²) < 4.78 is 0. The van der Waals surface area contributed by atoms with Crippen molar-refractivity contribution in [2.75, 3.05) is 44.9 Å². The molecule has 1 aliphatic heterocycles. The number of aromatic nitrogens is 2. The Bertz CT molecular complexity index is 421. The molecule has 0 atom stereocenters. The lowest BCUT2D eigenvalue weighted by Crippen LogP contribution is -2.36. The van der Waals surface area contributed by atoms with Crippen molar-refractivity contribution in [3.8, 4) is 0 Å². The molecule has 1 saturated heterocycles. The van der Waals surface area contributed by atoms with Gasteiger partial charge < -0.3 is 9.80 Å². The number of halogens is 1. The molecule has 1 fully saturated rings. The first-order valence-electron chi connectivity index (χ1n) is 6.56. The number of thioether (sulfide) groups is 1. The minimum atomic E-state index is 0.518. The van der Waals surface area contributed by atoms with Gasteiger partial charge in [-0.25, -0.2) is 9.97 Å². The van der Waals surface area contributed by atoms with Crippen LogP contribution in [0, 0.1) is 5.92 Å². The Labute approximate surface area is 124 Å². The maximum absolute atomic E-state index is 6.04. The number of nitrogens with zero attached hydrogens (tertiary/aromatic N) is 4. The summed E-state index contributed by atoms with van der Waals surface area (Å²) >= 11 is 7.56. The smallest absolute Gasteiger partial charge is 0.190 e. The van der Waals surface area contributed by atoms with E-state index in [1.165, 1.54) is 37.7 Å². The highest BCUT2D eigenvalue weighted by Crippen LogP contribution is 2.23. The van der Waals surface area contributed by atoms with Gasteiger partial charge in [-0.15, -0.1) is 0 Å². The molecule has 0 aromatic carbocycles. The van der Waals surface area contributed by atoms with Crippen LogP contribution in [0.3, 0.4) is 0 Å². The predicted molar refractivity (Wildman–Crippen MR) is 82.3 cm³/mol. The molecule has 6 heteroatoms. The van der Waals surface area contributed by atoms with Crippen LogP contribution in [0.5, 0.6) is 0 Å². The highest BCUT2D eigenvalue weighted by atomic mass is 35.5. The Hall–Kier alpha value is -0.520. The first kappa shape index (κ1) is 14.9. The quantitative estimate of drug-likeness (QED) is 0.485. The summed E-state index contributed by atoms with van der Waals surface area (Å²) in [4.78, 5) is 13.3. The molecule has 1 aromatic heterocycles. The van der Waals surface area contributed by atoms with Crippen molar-refractivity contribution in [3.05, 3.63) is 11.2 Å². The van der Waals surface area contributed by atoms with E-state index in [0.717, 1.165) is 23.4 Å². The van der Waals surface area contributed by atoms with E-state index in [9.17, 15) is 0 Å². The average Bonchev–Trinajstić information content (AvgIpc) is 2.40. The molecule has 4 nitrogen and oxygen atoms in total. The van der Waals surface area contributed by atoms with Crippen LogP contribution in [0.25, 0.3) is 0 Å². The molecule has 0 amide bonds. The molecule has 0 radical (unpaired) electrons. The number of hydrogen-bond donors (Lipinski definition) is 0. The number of likely N-dealkylation sites (tertiary alicyclic amines) is 1. The molecule has 0 bridgehead atoms. The van der Waals surface area contributed by atoms with Gasteiger partial charge in [-0.3, -0.25) is 0 Å². The summed E-state index contributed by atoms with van der Waals surface area (Å²) in [5, 5.41) is 1.25. The number of piperidine rings is 1. The summed E-state index contributed by atoms with van der Waals surface area (Å²) in [7, 11) is 4.27. The minimum Gasteiger partial charge on any atom is -0.359 e. The second-order valence-corrected chi connectivity index (χ2v) is 6.32. The van der Waals surface area contributed by atoms with Crippen molar-refractivity contribution < 1.29 is 0 Å². The molecule has 0 spiro atoms. The summed E-state index contributed by atoms with van der Waals surface area (Å²) in [5.74, 6) is 1.66. The van der Waals surface area contributed by atoms with Crippen LogP contribution in [-0.4, -0.2) is 54.9 Å². The van der Waals surface area contributed by atoms with E-state index in [4.69, 9.17) is 11.6 Å². The zero-order valence-corrected chi connectivity index (χ0v) is 13.3. The van der Waals surface area contributed by atoms with E-state index < -0.39 is 0 Å². The lowest BCUT2D eigenvalue weighted by Gasteiger charge is -2.32. The fourth-order valence-electron chi connectivity index (χ4n) is 2.40. The van der Waals surface area contributed by atoms with Gasteiger partial charge in [0.2, 0.25) is 0 Å². The average molecular weight is 301 g/mol. The van der Waals surface area contributed by atoms with Gasteiger partial charge in [0.05, 0.1) is 0 Å². The molecule has 1 aliphatic rings. The van der Waals surface area contributed by atoms with E-state index in [0.29, 0.717) is 5.15 Å². The molecule has 106 valence electrons. The lowest BCUT2D eigenvalue weighted by molar-refractivity contribution is 0.222. The molecule has 0 N–H and O–H groups in total. The largest absolute Gasteiger partial charge is 0.359 e. The second kappa shape index (κ2) is 6.77. The Morgan fingerprint density at radius 3 is 2.74 bits per heavy atom. The van der Waals surface area contributed by atoms with Crippen LogP contribution in [0.15, 0.2) is 11.2 Å². The van der Waals surface area contributed by atoms with Crippen LogP contribution in [0.1, 0.15) is 12.8 Å². The zero-order valence-electron chi connectivity index (χ0n) is 11.8. The van der Waals surface area contributed by atoms with Crippen molar-refractivity contribution in [2.24, 2.45) is 5.92 Å². The second-order valence-electron chi connectivity index (χ2n) is 5.16. The third-order valence-corrected chi connectivity index (χ3v) is 4.35. The summed E-state index contributed by atoms with van der Waals surface area (Å²) in [6.07, 6.45) is 4.48. The Morgan fingerprint density at radius 2 is 2.11 bits per heavy atom. The topological polar surface area (TPSA) is 32.3 Å². The maximum atomic E-state index is 6.04. The molecule has 2 rings (SSSR count). The predicted octanol–water partition coefficient (Wildman–Crippen LogP) is 2.63. The third-order valence-electron chi connectivity index (χ3n) is 3.60. The molecular formula is C13H21ClN4S. The molecule has 0 unspecified atom stereocenters. The van der Waals surface area contributed by atoms with Crippen molar-refractivity contribution in [2.45, 2.75) is 18.0 Å². The van der Waals surface area contributed by atoms with Crippen molar-refractivity contribution in [1.82, 2.24) is 14.9 Å². The molecule has 0 saturated carbocycles. The van der Waals surface area contributed by atoms with E-state index in [1.807, 2.05) is 12.3 Å². The van der Waals surface area contributed by atoms with E-state index in [2.05, 4.69) is 33.9 Å². The first-order valence-corrected chi connectivity index (χ1v) is 8.17. The molecular weight excluding hydrogens is 280 g/mol. The van der Waals surface area contributed by atoms with E-state index in [1.54, 1.807) is 0 Å². The Balaban J connectivity index is 1.99. The van der Waals surface area contributed by atoms with E-state index >= 15 is 0 Å². The van der Waals surface area contributed by atoms with Gasteiger partial charge in [-0.05, 0) is 45.2 Å². The number of rotatable bonds is 4. The zero-order chi connectivity index (χ0) is 13.8. The van der Waals surface area contributed by atoms with Gasteiger partial charge in [0, 0.05) is 19.7 Å². The number of hydrogen-bond acceptors (Lipinski definition) is 5. The highest BCUT2D eigenvalue weighted by Gasteiger charge is 2.19. The van der Waals surface area contributed by atoms with Crippen LogP contribution >= 0.6 is 23.4 Å². The van der Waals surface area contributed by atoms with Crippen molar-refractivity contribution >= 4 is 29.2 Å². The van der Waals surface area contributed by atoms with Gasteiger partial charge in [-0.2, -0.15) is 0 Å². The van der Waals surface area contributed by atoms with Gasteiger partial charge in [0.25, 0.3) is 0 Å². The number of anilines is 1. The standard InChI is InChI=1S/C13H21ClN4S/c1-17-6-4-10(5-7-17)9-18(2)12-8-11(14)15-13(16-12)19-3/h8,10H,4-7,9H2,1-3H3. The van der Waals surface area contributed by atoms with Gasteiger partial charge in [0.1, 0.15) is 11.0 Å². The monoisotopic (exact) mass is 300 g/mol. The molecule has 1 aromatic rings. The molecule has 19 heavy (non-hydrogen) atoms. The van der Waals surface area contributed by atoms with Crippen LogP contribution < -0.4 is 4.90 Å². The fraction of sp³-hybridized carbons (Fsp3) is 0.692. The van der Waals surface area contributed by atoms with Gasteiger partial charge in [0.15, 0.2) is 5.16 Å². The SMILES string of the molecule is CSc1nc(Cl)cc(N(C)CC2CCN(C)CC2)n1. The summed E-state index contributed by atoms with van der Waals surface area (Å²) in [6.45, 7) is 3.42.